The van der Waals surface area contributed by atoms with Crippen LogP contribution in [0.5, 0.6) is 11.5 Å². The van der Waals surface area contributed by atoms with Crippen molar-refractivity contribution in [2.45, 2.75) is 52.9 Å². The molecule has 0 aliphatic carbocycles. The second kappa shape index (κ2) is 12.4. The third kappa shape index (κ3) is 6.16. The van der Waals surface area contributed by atoms with Gasteiger partial charge >= 0.3 is 12.3 Å². The minimum Gasteiger partial charge on any atom is -0.403 e. The minimum atomic E-state index is -0.840. The Balaban J connectivity index is 2.07. The highest BCUT2D eigenvalue weighted by molar-refractivity contribution is 6.12. The number of ether oxygens (including phenoxy) is 4. The summed E-state index contributed by atoms with van der Waals surface area (Å²) in [7, 11) is 0. The normalized spacial score (nSPS) is 11.4. The topological polar surface area (TPSA) is 71.1 Å². The average molecular weight is 463 g/mol. The quantitative estimate of drug-likeness (QED) is 0.138. The number of aryl methyl sites for hydroxylation is 1. The van der Waals surface area contributed by atoms with Crippen LogP contribution in [0, 0.1) is 0 Å². The number of hydrogen-bond acceptors (Lipinski definition) is 6. The van der Waals surface area contributed by atoms with Gasteiger partial charge in [-0.05, 0) is 43.0 Å². The molecule has 0 bridgehead atoms. The largest absolute Gasteiger partial charge is 0.518 e. The molecule has 34 heavy (non-hydrogen) atoms. The van der Waals surface area contributed by atoms with Gasteiger partial charge in [0.1, 0.15) is 11.5 Å². The molecule has 3 aromatic rings. The van der Waals surface area contributed by atoms with E-state index in [2.05, 4.69) is 0 Å². The van der Waals surface area contributed by atoms with Crippen LogP contribution in [0.4, 0.5) is 9.59 Å². The van der Waals surface area contributed by atoms with E-state index >= 15 is 0 Å². The molecular formula is C28H30O6. The molecule has 0 amide bonds. The lowest BCUT2D eigenvalue weighted by Crippen LogP contribution is -2.10. The molecule has 0 aliphatic rings. The molecule has 0 spiro atoms. The third-order valence-corrected chi connectivity index (χ3v) is 5.20. The maximum atomic E-state index is 12.4. The zero-order chi connectivity index (χ0) is 24.3. The molecule has 6 heteroatoms. The van der Waals surface area contributed by atoms with E-state index in [0.29, 0.717) is 33.0 Å². The summed E-state index contributed by atoms with van der Waals surface area (Å²) in [5, 5.41) is 2.48. The maximum Gasteiger partial charge on any atom is 0.518 e. The fourth-order valence-electron chi connectivity index (χ4n) is 3.48. The first-order valence-electron chi connectivity index (χ1n) is 11.6. The van der Waals surface area contributed by atoms with Crippen molar-refractivity contribution < 1.29 is 28.5 Å². The molecule has 0 saturated carbocycles. The highest BCUT2D eigenvalue weighted by atomic mass is 16.7. The summed E-state index contributed by atoms with van der Waals surface area (Å²) < 4.78 is 21.5. The molecule has 6 nitrogen and oxygen atoms in total. The molecule has 0 N–H and O–H groups in total. The number of carbonyl (C=O) groups is 2. The van der Waals surface area contributed by atoms with Crippen LogP contribution in [0.1, 0.15) is 52.0 Å². The van der Waals surface area contributed by atoms with Crippen LogP contribution in [0.25, 0.3) is 21.5 Å². The van der Waals surface area contributed by atoms with Crippen molar-refractivity contribution >= 4 is 33.9 Å². The van der Waals surface area contributed by atoms with E-state index in [9.17, 15) is 9.59 Å². The van der Waals surface area contributed by atoms with Gasteiger partial charge in [0.25, 0.3) is 0 Å². The van der Waals surface area contributed by atoms with Crippen LogP contribution in [-0.2, 0) is 15.9 Å². The molecule has 0 aromatic heterocycles. The van der Waals surface area contributed by atoms with E-state index < -0.39 is 12.3 Å². The van der Waals surface area contributed by atoms with Crippen molar-refractivity contribution in [3.63, 3.8) is 0 Å². The SMILES string of the molecule is CCC/C=C/OC(=O)Oc1c2ccccc2c(OC(=O)O/C=C/CCC)c2cc(CC)ccc12. The number of allylic oxidation sites excluding steroid dienone is 2. The first kappa shape index (κ1) is 24.8. The maximum absolute atomic E-state index is 12.4. The van der Waals surface area contributed by atoms with E-state index in [4.69, 9.17) is 18.9 Å². The Hall–Kier alpha value is -3.80. The Bertz CT molecular complexity index is 1210. The van der Waals surface area contributed by atoms with Crippen molar-refractivity contribution in [3.8, 4) is 11.5 Å². The second-order valence-corrected chi connectivity index (χ2v) is 7.70. The zero-order valence-electron chi connectivity index (χ0n) is 19.8. The Kier molecular flexibility index (Phi) is 9.09. The lowest BCUT2D eigenvalue weighted by molar-refractivity contribution is 0.134. The Labute approximate surface area is 199 Å². The first-order valence-corrected chi connectivity index (χ1v) is 11.6. The van der Waals surface area contributed by atoms with Crippen LogP contribution in [-0.4, -0.2) is 12.3 Å². The van der Waals surface area contributed by atoms with E-state index in [1.807, 2.05) is 57.2 Å². The van der Waals surface area contributed by atoms with Crippen LogP contribution in [0.2, 0.25) is 0 Å². The lowest BCUT2D eigenvalue weighted by Gasteiger charge is -2.16. The van der Waals surface area contributed by atoms with Gasteiger partial charge in [-0.2, -0.15) is 0 Å². The van der Waals surface area contributed by atoms with E-state index in [0.717, 1.165) is 37.7 Å². The van der Waals surface area contributed by atoms with Crippen LogP contribution in [0.3, 0.4) is 0 Å². The number of carbonyl (C=O) groups excluding carboxylic acids is 2. The van der Waals surface area contributed by atoms with Gasteiger partial charge in [-0.3, -0.25) is 0 Å². The van der Waals surface area contributed by atoms with Crippen LogP contribution >= 0.6 is 0 Å². The summed E-state index contributed by atoms with van der Waals surface area (Å²) in [4.78, 5) is 24.9. The number of benzene rings is 3. The summed E-state index contributed by atoms with van der Waals surface area (Å²) in [6.45, 7) is 6.10. The summed E-state index contributed by atoms with van der Waals surface area (Å²) in [6.07, 6.45) is 8.81. The van der Waals surface area contributed by atoms with Crippen molar-refractivity contribution in [1.29, 1.82) is 0 Å². The van der Waals surface area contributed by atoms with Gasteiger partial charge in [-0.1, -0.05) is 70.0 Å². The molecule has 3 rings (SSSR count). The van der Waals surface area contributed by atoms with E-state index in [-0.39, 0.29) is 0 Å². The van der Waals surface area contributed by atoms with Crippen molar-refractivity contribution in [3.05, 3.63) is 72.7 Å². The van der Waals surface area contributed by atoms with Gasteiger partial charge < -0.3 is 18.9 Å². The van der Waals surface area contributed by atoms with Crippen LogP contribution in [0.15, 0.2) is 67.1 Å². The molecule has 0 heterocycles. The average Bonchev–Trinajstić information content (AvgIpc) is 2.86. The minimum absolute atomic E-state index is 0.339. The number of hydrogen-bond donors (Lipinski definition) is 0. The fraction of sp³-hybridized carbons (Fsp3) is 0.286. The van der Waals surface area contributed by atoms with Crippen molar-refractivity contribution in [2.24, 2.45) is 0 Å². The lowest BCUT2D eigenvalue weighted by atomic mass is 9.98. The molecule has 178 valence electrons. The summed E-state index contributed by atoms with van der Waals surface area (Å²) >= 11 is 0. The second-order valence-electron chi connectivity index (χ2n) is 7.70. The Morgan fingerprint density at radius 3 is 1.71 bits per heavy atom. The Morgan fingerprint density at radius 2 is 1.21 bits per heavy atom. The number of unbranched alkanes of at least 4 members (excludes halogenated alkanes) is 2. The summed E-state index contributed by atoms with van der Waals surface area (Å²) in [5.41, 5.74) is 1.04. The fourth-order valence-corrected chi connectivity index (χ4v) is 3.48. The number of fused-ring (bicyclic) bond motifs is 2. The van der Waals surface area contributed by atoms with Gasteiger partial charge in [0.2, 0.25) is 0 Å². The third-order valence-electron chi connectivity index (χ3n) is 5.20. The molecule has 0 atom stereocenters. The summed E-state index contributed by atoms with van der Waals surface area (Å²) in [6, 6.07) is 13.0. The highest BCUT2D eigenvalue weighted by Crippen LogP contribution is 2.43. The Morgan fingerprint density at radius 1 is 0.706 bits per heavy atom. The van der Waals surface area contributed by atoms with Crippen molar-refractivity contribution in [2.75, 3.05) is 0 Å². The van der Waals surface area contributed by atoms with Crippen molar-refractivity contribution in [1.82, 2.24) is 0 Å². The summed E-state index contributed by atoms with van der Waals surface area (Å²) in [5.74, 6) is 0.684. The molecule has 0 radical (unpaired) electrons. The standard InChI is InChI=1S/C28H30O6/c1-4-7-11-17-31-27(29)33-25-21-13-9-10-14-22(21)26(34-28(30)32-18-12-8-5-2)24-19-20(6-3)15-16-23(24)25/h9-19H,4-8H2,1-3H3/b17-11+,18-12+. The van der Waals surface area contributed by atoms with Gasteiger partial charge in [0.15, 0.2) is 0 Å². The van der Waals surface area contributed by atoms with Gasteiger partial charge in [-0.15, -0.1) is 0 Å². The van der Waals surface area contributed by atoms with Gasteiger partial charge in [0, 0.05) is 21.5 Å². The molecular weight excluding hydrogens is 432 g/mol. The smallest absolute Gasteiger partial charge is 0.403 e. The number of rotatable bonds is 9. The highest BCUT2D eigenvalue weighted by Gasteiger charge is 2.21. The van der Waals surface area contributed by atoms with E-state index in [1.165, 1.54) is 12.5 Å². The van der Waals surface area contributed by atoms with Gasteiger partial charge in [0.05, 0.1) is 12.5 Å². The molecule has 0 fully saturated rings. The molecule has 3 aromatic carbocycles. The zero-order valence-corrected chi connectivity index (χ0v) is 19.8. The molecule has 0 unspecified atom stereocenters. The molecule has 0 aliphatic heterocycles. The predicted octanol–water partition coefficient (Wildman–Crippen LogP) is 8.21. The van der Waals surface area contributed by atoms with E-state index in [1.54, 1.807) is 18.2 Å². The molecule has 0 saturated heterocycles. The van der Waals surface area contributed by atoms with Crippen LogP contribution < -0.4 is 9.47 Å². The first-order chi connectivity index (χ1) is 16.6. The predicted molar refractivity (Wildman–Crippen MR) is 133 cm³/mol. The monoisotopic (exact) mass is 462 g/mol. The van der Waals surface area contributed by atoms with Gasteiger partial charge in [-0.25, -0.2) is 9.59 Å².